The van der Waals surface area contributed by atoms with E-state index >= 15 is 0 Å². The molecule has 0 saturated carbocycles. The van der Waals surface area contributed by atoms with Crippen LogP contribution >= 0.6 is 0 Å². The molecule has 0 spiro atoms. The maximum atomic E-state index is 11.9. The Bertz CT molecular complexity index is 711. The first-order valence-corrected chi connectivity index (χ1v) is 10.1. The van der Waals surface area contributed by atoms with Crippen LogP contribution in [0.25, 0.3) is 0 Å². The van der Waals surface area contributed by atoms with Crippen molar-refractivity contribution in [3.8, 4) is 0 Å². The quantitative estimate of drug-likeness (QED) is 0.470. The third kappa shape index (κ3) is 7.73. The van der Waals surface area contributed by atoms with Gasteiger partial charge in [0.15, 0.2) is 5.96 Å². The standard InChI is InChI=1S/C21H34N6O2/c1-22-19(28)13-16-8-10-27(11-9-16)21(23-2)24-14-17-6-5-7-18(12-17)25-20(29)15-26(3)4/h5-7,12,16H,8-11,13-15H2,1-4H3,(H,22,28)(H,23,24)(H,25,29). The third-order valence-electron chi connectivity index (χ3n) is 5.00. The summed E-state index contributed by atoms with van der Waals surface area (Å²) < 4.78 is 0. The number of guanidine groups is 1. The van der Waals surface area contributed by atoms with Gasteiger partial charge in [-0.2, -0.15) is 0 Å². The molecule has 2 amide bonds. The van der Waals surface area contributed by atoms with Crippen molar-refractivity contribution < 1.29 is 9.59 Å². The molecule has 2 rings (SSSR count). The lowest BCUT2D eigenvalue weighted by Gasteiger charge is -2.34. The molecule has 3 N–H and O–H groups in total. The van der Waals surface area contributed by atoms with Crippen molar-refractivity contribution in [3.05, 3.63) is 29.8 Å². The van der Waals surface area contributed by atoms with Crippen molar-refractivity contribution in [1.82, 2.24) is 20.4 Å². The average Bonchev–Trinajstić information content (AvgIpc) is 2.69. The first-order valence-electron chi connectivity index (χ1n) is 10.1. The molecule has 29 heavy (non-hydrogen) atoms. The molecule has 0 bridgehead atoms. The van der Waals surface area contributed by atoms with E-state index in [1.54, 1.807) is 14.1 Å². The second-order valence-corrected chi connectivity index (χ2v) is 7.69. The molecule has 1 aliphatic heterocycles. The number of anilines is 1. The summed E-state index contributed by atoms with van der Waals surface area (Å²) in [6.07, 6.45) is 2.58. The Hall–Kier alpha value is -2.61. The molecule has 160 valence electrons. The van der Waals surface area contributed by atoms with Gasteiger partial charge in [-0.15, -0.1) is 0 Å². The Balaban J connectivity index is 1.84. The molecule has 8 heteroatoms. The number of amides is 2. The number of hydrogen-bond donors (Lipinski definition) is 3. The molecule has 1 aliphatic rings. The van der Waals surface area contributed by atoms with Gasteiger partial charge in [0.2, 0.25) is 11.8 Å². The highest BCUT2D eigenvalue weighted by molar-refractivity contribution is 5.92. The topological polar surface area (TPSA) is 89.1 Å². The zero-order valence-corrected chi connectivity index (χ0v) is 18.0. The lowest BCUT2D eigenvalue weighted by atomic mass is 9.93. The fraction of sp³-hybridized carbons (Fsp3) is 0.571. The van der Waals surface area contributed by atoms with E-state index in [0.29, 0.717) is 25.4 Å². The number of nitrogens with zero attached hydrogens (tertiary/aromatic N) is 3. The largest absolute Gasteiger partial charge is 0.359 e. The molecule has 1 aromatic carbocycles. The molecule has 8 nitrogen and oxygen atoms in total. The van der Waals surface area contributed by atoms with Gasteiger partial charge in [0.25, 0.3) is 0 Å². The van der Waals surface area contributed by atoms with Crippen LogP contribution in [0.5, 0.6) is 0 Å². The first-order chi connectivity index (χ1) is 13.9. The van der Waals surface area contributed by atoms with Crippen LogP contribution in [0.3, 0.4) is 0 Å². The highest BCUT2D eigenvalue weighted by Crippen LogP contribution is 2.20. The number of nitrogens with one attached hydrogen (secondary N) is 3. The normalized spacial score (nSPS) is 15.3. The van der Waals surface area contributed by atoms with E-state index in [4.69, 9.17) is 0 Å². The van der Waals surface area contributed by atoms with E-state index in [1.165, 1.54) is 0 Å². The van der Waals surface area contributed by atoms with Gasteiger partial charge in [0, 0.05) is 45.8 Å². The number of rotatable bonds is 7. The van der Waals surface area contributed by atoms with Crippen LogP contribution in [0, 0.1) is 5.92 Å². The summed E-state index contributed by atoms with van der Waals surface area (Å²) in [6.45, 7) is 2.76. The zero-order valence-electron chi connectivity index (χ0n) is 18.0. The van der Waals surface area contributed by atoms with Crippen molar-refractivity contribution >= 4 is 23.5 Å². The number of carbonyl (C=O) groups is 2. The van der Waals surface area contributed by atoms with E-state index in [9.17, 15) is 9.59 Å². The molecule has 0 aromatic heterocycles. The summed E-state index contributed by atoms with van der Waals surface area (Å²) in [6, 6.07) is 7.83. The Morgan fingerprint density at radius 1 is 1.21 bits per heavy atom. The minimum absolute atomic E-state index is 0.0319. The second kappa shape index (κ2) is 11.4. The number of piperidine rings is 1. The van der Waals surface area contributed by atoms with Crippen molar-refractivity contribution in [2.24, 2.45) is 10.9 Å². The maximum Gasteiger partial charge on any atom is 0.238 e. The number of aliphatic imine (C=N–C) groups is 1. The van der Waals surface area contributed by atoms with Gasteiger partial charge in [-0.05, 0) is 50.6 Å². The molecule has 0 aliphatic carbocycles. The number of likely N-dealkylation sites (tertiary alicyclic amines) is 1. The van der Waals surface area contributed by atoms with Crippen molar-refractivity contribution in [3.63, 3.8) is 0 Å². The summed E-state index contributed by atoms with van der Waals surface area (Å²) in [7, 11) is 7.21. The number of likely N-dealkylation sites (N-methyl/N-ethyl adjacent to an activating group) is 1. The SMILES string of the molecule is CN=C(NCc1cccc(NC(=O)CN(C)C)c1)N1CCC(CC(=O)NC)CC1. The molecule has 1 aromatic rings. The van der Waals surface area contributed by atoms with Gasteiger partial charge < -0.3 is 25.8 Å². The van der Waals surface area contributed by atoms with Crippen LogP contribution in [0.4, 0.5) is 5.69 Å². The smallest absolute Gasteiger partial charge is 0.238 e. The van der Waals surface area contributed by atoms with Gasteiger partial charge in [-0.25, -0.2) is 0 Å². The summed E-state index contributed by atoms with van der Waals surface area (Å²) in [5.41, 5.74) is 1.87. The van der Waals surface area contributed by atoms with Gasteiger partial charge in [-0.3, -0.25) is 14.6 Å². The molecular weight excluding hydrogens is 368 g/mol. The summed E-state index contributed by atoms with van der Waals surface area (Å²) in [5.74, 6) is 1.39. The van der Waals surface area contributed by atoms with Crippen LogP contribution in [-0.4, -0.2) is 75.4 Å². The number of hydrogen-bond acceptors (Lipinski definition) is 4. The molecular formula is C21H34N6O2. The molecule has 0 unspecified atom stereocenters. The minimum atomic E-state index is -0.0319. The maximum absolute atomic E-state index is 11.9. The first kappa shape index (κ1) is 22.7. The van der Waals surface area contributed by atoms with E-state index in [2.05, 4.69) is 25.8 Å². The average molecular weight is 403 g/mol. The number of benzene rings is 1. The van der Waals surface area contributed by atoms with Gasteiger partial charge in [0.05, 0.1) is 6.54 Å². The lowest BCUT2D eigenvalue weighted by molar-refractivity contribution is -0.121. The minimum Gasteiger partial charge on any atom is -0.359 e. The van der Waals surface area contributed by atoms with Crippen molar-refractivity contribution in [2.75, 3.05) is 53.1 Å². The van der Waals surface area contributed by atoms with E-state index in [1.807, 2.05) is 43.3 Å². The summed E-state index contributed by atoms with van der Waals surface area (Å²) in [5, 5.41) is 9.04. The van der Waals surface area contributed by atoms with E-state index in [-0.39, 0.29) is 11.8 Å². The Labute approximate surface area is 173 Å². The van der Waals surface area contributed by atoms with Crippen molar-refractivity contribution in [1.29, 1.82) is 0 Å². The second-order valence-electron chi connectivity index (χ2n) is 7.69. The Morgan fingerprint density at radius 3 is 2.55 bits per heavy atom. The van der Waals surface area contributed by atoms with Crippen LogP contribution in [0.15, 0.2) is 29.3 Å². The zero-order chi connectivity index (χ0) is 21.2. The summed E-state index contributed by atoms with van der Waals surface area (Å²) in [4.78, 5) is 32.0. The lowest BCUT2D eigenvalue weighted by Crippen LogP contribution is -2.45. The van der Waals surface area contributed by atoms with E-state index in [0.717, 1.165) is 43.1 Å². The van der Waals surface area contributed by atoms with E-state index < -0.39 is 0 Å². The fourth-order valence-electron chi connectivity index (χ4n) is 3.47. The fourth-order valence-corrected chi connectivity index (χ4v) is 3.47. The Kier molecular flexibility index (Phi) is 8.92. The molecule has 0 radical (unpaired) electrons. The highest BCUT2D eigenvalue weighted by atomic mass is 16.2. The predicted octanol–water partition coefficient (Wildman–Crippen LogP) is 1.11. The number of carbonyl (C=O) groups excluding carboxylic acids is 2. The molecule has 1 saturated heterocycles. The van der Waals surface area contributed by atoms with Crippen LogP contribution < -0.4 is 16.0 Å². The van der Waals surface area contributed by atoms with Crippen molar-refractivity contribution in [2.45, 2.75) is 25.8 Å². The molecule has 1 heterocycles. The highest BCUT2D eigenvalue weighted by Gasteiger charge is 2.23. The molecule has 0 atom stereocenters. The monoisotopic (exact) mass is 402 g/mol. The molecule has 1 fully saturated rings. The van der Waals surface area contributed by atoms with Gasteiger partial charge in [-0.1, -0.05) is 12.1 Å². The van der Waals surface area contributed by atoms with Crippen LogP contribution in [-0.2, 0) is 16.1 Å². The van der Waals surface area contributed by atoms with Crippen LogP contribution in [0.1, 0.15) is 24.8 Å². The third-order valence-corrected chi connectivity index (χ3v) is 5.00. The summed E-state index contributed by atoms with van der Waals surface area (Å²) >= 11 is 0. The van der Waals surface area contributed by atoms with Gasteiger partial charge >= 0.3 is 0 Å². The predicted molar refractivity (Wildman–Crippen MR) is 117 cm³/mol. The van der Waals surface area contributed by atoms with Crippen LogP contribution in [0.2, 0.25) is 0 Å². The Morgan fingerprint density at radius 2 is 1.93 bits per heavy atom. The van der Waals surface area contributed by atoms with Gasteiger partial charge in [0.1, 0.15) is 0 Å².